The van der Waals surface area contributed by atoms with Crippen LogP contribution in [-0.2, 0) is 26.3 Å². The van der Waals surface area contributed by atoms with Crippen LogP contribution in [0.2, 0.25) is 0 Å². The molecule has 2 aliphatic rings. The van der Waals surface area contributed by atoms with Crippen LogP contribution in [0, 0.1) is 5.82 Å². The van der Waals surface area contributed by atoms with Crippen molar-refractivity contribution >= 4 is 11.7 Å². The van der Waals surface area contributed by atoms with Crippen molar-refractivity contribution in [2.24, 2.45) is 0 Å². The van der Waals surface area contributed by atoms with Crippen molar-refractivity contribution in [3.8, 4) is 0 Å². The zero-order chi connectivity index (χ0) is 16.0. The molecule has 2 aromatic carbocycles. The zero-order valence-electron chi connectivity index (χ0n) is 12.7. The summed E-state index contributed by atoms with van der Waals surface area (Å²) in [7, 11) is 1.38. The smallest absolute Gasteiger partial charge is 0.339 e. The van der Waals surface area contributed by atoms with Crippen molar-refractivity contribution in [3.63, 3.8) is 0 Å². The first-order chi connectivity index (χ1) is 11.1. The second kappa shape index (κ2) is 5.06. The van der Waals surface area contributed by atoms with E-state index in [9.17, 15) is 9.18 Å². The van der Waals surface area contributed by atoms with Gasteiger partial charge in [0.1, 0.15) is 5.82 Å². The molecule has 1 fully saturated rings. The number of carbonyl (C=O) groups excluding carboxylic acids is 1. The molecule has 2 atom stereocenters. The fraction of sp³-hybridized carbons (Fsp3) is 0.278. The van der Waals surface area contributed by atoms with Gasteiger partial charge in [-0.3, -0.25) is 4.84 Å². The van der Waals surface area contributed by atoms with E-state index in [2.05, 4.69) is 0 Å². The second-order valence-electron chi connectivity index (χ2n) is 5.92. The highest BCUT2D eigenvalue weighted by Gasteiger charge is 2.57. The quantitative estimate of drug-likeness (QED) is 0.799. The number of fused-ring (bicyclic) bond motifs is 4. The summed E-state index contributed by atoms with van der Waals surface area (Å²) in [6.45, 7) is 0. The molecule has 2 aliphatic heterocycles. The molecule has 23 heavy (non-hydrogen) atoms. The van der Waals surface area contributed by atoms with Gasteiger partial charge in [0.2, 0.25) is 0 Å². The first kappa shape index (κ1) is 14.2. The molecular weight excluding hydrogens is 297 g/mol. The standard InChI is InChI=1S/C18H16FNO3/c1-22-17(21)18(13-5-3-2-4-6-13)11-15-10-12-9-14(19)7-8-16(12)20(18)23-15/h2-9,15H,10-11H2,1H3. The highest BCUT2D eigenvalue weighted by atomic mass is 19.1. The van der Waals surface area contributed by atoms with Crippen molar-refractivity contribution in [1.29, 1.82) is 0 Å². The fourth-order valence-corrected chi connectivity index (χ4v) is 3.62. The van der Waals surface area contributed by atoms with Gasteiger partial charge in [-0.1, -0.05) is 30.3 Å². The third-order valence-electron chi connectivity index (χ3n) is 4.61. The van der Waals surface area contributed by atoms with E-state index < -0.39 is 5.54 Å². The maximum Gasteiger partial charge on any atom is 0.339 e. The maximum absolute atomic E-state index is 13.6. The predicted octanol–water partition coefficient (Wildman–Crippen LogP) is 2.96. The van der Waals surface area contributed by atoms with E-state index >= 15 is 0 Å². The van der Waals surface area contributed by atoms with Crippen LogP contribution in [0.15, 0.2) is 48.5 Å². The van der Waals surface area contributed by atoms with Crippen molar-refractivity contribution in [1.82, 2.24) is 0 Å². The van der Waals surface area contributed by atoms with Crippen LogP contribution < -0.4 is 5.06 Å². The molecule has 118 valence electrons. The van der Waals surface area contributed by atoms with Crippen LogP contribution in [0.5, 0.6) is 0 Å². The lowest BCUT2D eigenvalue weighted by molar-refractivity contribution is -0.148. The van der Waals surface area contributed by atoms with E-state index in [0.717, 1.165) is 16.8 Å². The number of hydroxylamine groups is 1. The van der Waals surface area contributed by atoms with Gasteiger partial charge in [0.15, 0.2) is 5.54 Å². The lowest BCUT2D eigenvalue weighted by Gasteiger charge is -2.37. The number of anilines is 1. The largest absolute Gasteiger partial charge is 0.467 e. The van der Waals surface area contributed by atoms with Crippen molar-refractivity contribution in [2.75, 3.05) is 12.2 Å². The van der Waals surface area contributed by atoms with Crippen LogP contribution in [0.1, 0.15) is 17.5 Å². The Labute approximate surface area is 133 Å². The van der Waals surface area contributed by atoms with Gasteiger partial charge in [0, 0.05) is 12.8 Å². The highest BCUT2D eigenvalue weighted by Crippen LogP contribution is 2.49. The van der Waals surface area contributed by atoms with E-state index in [0.29, 0.717) is 12.8 Å². The molecule has 0 N–H and O–H groups in total. The normalized spacial score (nSPS) is 25.1. The highest BCUT2D eigenvalue weighted by molar-refractivity contribution is 5.88. The Morgan fingerprint density at radius 1 is 1.30 bits per heavy atom. The molecule has 5 heteroatoms. The monoisotopic (exact) mass is 313 g/mol. The van der Waals surface area contributed by atoms with E-state index in [1.807, 2.05) is 30.3 Å². The third-order valence-corrected chi connectivity index (χ3v) is 4.61. The Morgan fingerprint density at radius 3 is 2.83 bits per heavy atom. The lowest BCUT2D eigenvalue weighted by Crippen LogP contribution is -2.48. The minimum absolute atomic E-state index is 0.177. The van der Waals surface area contributed by atoms with Crippen molar-refractivity contribution in [3.05, 3.63) is 65.5 Å². The molecule has 0 aromatic heterocycles. The summed E-state index contributed by atoms with van der Waals surface area (Å²) in [6.07, 6.45) is 0.874. The molecule has 2 bridgehead atoms. The number of rotatable bonds is 2. The van der Waals surface area contributed by atoms with Crippen LogP contribution in [0.25, 0.3) is 0 Å². The fourth-order valence-electron chi connectivity index (χ4n) is 3.62. The average Bonchev–Trinajstić information content (AvgIpc) is 2.89. The third kappa shape index (κ3) is 1.96. The van der Waals surface area contributed by atoms with Gasteiger partial charge in [-0.25, -0.2) is 14.2 Å². The first-order valence-electron chi connectivity index (χ1n) is 7.54. The topological polar surface area (TPSA) is 38.8 Å². The molecule has 0 spiro atoms. The molecule has 4 rings (SSSR count). The van der Waals surface area contributed by atoms with E-state index in [1.54, 1.807) is 11.1 Å². The first-order valence-corrected chi connectivity index (χ1v) is 7.54. The number of methoxy groups -OCH3 is 1. The number of carbonyl (C=O) groups is 1. The lowest BCUT2D eigenvalue weighted by atomic mass is 9.85. The SMILES string of the molecule is COC(=O)C1(c2ccccc2)CC2Cc3cc(F)ccc3N1O2. The number of hydrogen-bond acceptors (Lipinski definition) is 4. The van der Waals surface area contributed by atoms with Crippen LogP contribution >= 0.6 is 0 Å². The number of benzene rings is 2. The van der Waals surface area contributed by atoms with Gasteiger partial charge in [0.25, 0.3) is 0 Å². The molecule has 2 aromatic rings. The van der Waals surface area contributed by atoms with E-state index in [1.165, 1.54) is 19.2 Å². The van der Waals surface area contributed by atoms with Crippen LogP contribution in [0.4, 0.5) is 10.1 Å². The molecule has 0 aliphatic carbocycles. The number of nitrogens with zero attached hydrogens (tertiary/aromatic N) is 1. The minimum atomic E-state index is -1.04. The zero-order valence-corrected chi connectivity index (χ0v) is 12.7. The molecule has 2 unspecified atom stereocenters. The van der Waals surface area contributed by atoms with E-state index in [4.69, 9.17) is 9.57 Å². The Kier molecular flexibility index (Phi) is 3.13. The summed E-state index contributed by atoms with van der Waals surface area (Å²) in [5.41, 5.74) is 1.34. The van der Waals surface area contributed by atoms with Crippen molar-refractivity contribution < 1.29 is 18.8 Å². The summed E-state index contributed by atoms with van der Waals surface area (Å²) >= 11 is 0. The van der Waals surface area contributed by atoms with E-state index in [-0.39, 0.29) is 17.9 Å². The Hall–Kier alpha value is -2.40. The molecule has 0 amide bonds. The van der Waals surface area contributed by atoms with Crippen LogP contribution in [0.3, 0.4) is 0 Å². The molecule has 2 heterocycles. The summed E-state index contributed by atoms with van der Waals surface area (Å²) < 4.78 is 18.7. The van der Waals surface area contributed by atoms with Gasteiger partial charge in [0.05, 0.1) is 18.9 Å². The van der Waals surface area contributed by atoms with Gasteiger partial charge >= 0.3 is 5.97 Å². The predicted molar refractivity (Wildman–Crippen MR) is 82.2 cm³/mol. The van der Waals surface area contributed by atoms with Gasteiger partial charge in [-0.15, -0.1) is 0 Å². The van der Waals surface area contributed by atoms with Crippen LogP contribution in [-0.4, -0.2) is 19.2 Å². The molecule has 4 nitrogen and oxygen atoms in total. The summed E-state index contributed by atoms with van der Waals surface area (Å²) in [6, 6.07) is 14.0. The Morgan fingerprint density at radius 2 is 2.09 bits per heavy atom. The number of hydrogen-bond donors (Lipinski definition) is 0. The Balaban J connectivity index is 1.92. The second-order valence-corrected chi connectivity index (χ2v) is 5.92. The van der Waals surface area contributed by atoms with Crippen molar-refractivity contribution in [2.45, 2.75) is 24.5 Å². The molecule has 0 saturated carbocycles. The Bertz CT molecular complexity index is 764. The molecular formula is C18H16FNO3. The summed E-state index contributed by atoms with van der Waals surface area (Å²) in [5, 5.41) is 1.61. The number of halogens is 1. The summed E-state index contributed by atoms with van der Waals surface area (Å²) in [5.74, 6) is -0.655. The average molecular weight is 313 g/mol. The van der Waals surface area contributed by atoms with Gasteiger partial charge in [-0.05, 0) is 29.3 Å². The number of ether oxygens (including phenoxy) is 1. The minimum Gasteiger partial charge on any atom is -0.467 e. The van der Waals surface area contributed by atoms with Gasteiger partial charge in [-0.2, -0.15) is 0 Å². The molecule has 1 saturated heterocycles. The number of esters is 1. The molecule has 0 radical (unpaired) electrons. The maximum atomic E-state index is 13.6. The summed E-state index contributed by atoms with van der Waals surface area (Å²) in [4.78, 5) is 18.7. The van der Waals surface area contributed by atoms with Gasteiger partial charge < -0.3 is 4.74 Å².